The van der Waals surface area contributed by atoms with Gasteiger partial charge in [-0.15, -0.1) is 0 Å². The van der Waals surface area contributed by atoms with Crippen LogP contribution in [0.1, 0.15) is 23.2 Å². The maximum Gasteiger partial charge on any atom is 0.176 e. The van der Waals surface area contributed by atoms with Crippen molar-refractivity contribution in [3.8, 4) is 0 Å². The number of imidazole rings is 1. The van der Waals surface area contributed by atoms with E-state index < -0.39 is 0 Å². The lowest BCUT2D eigenvalue weighted by molar-refractivity contribution is 0.0891. The fraction of sp³-hybridized carbons (Fsp3) is 0.333. The minimum Gasteiger partial charge on any atom is -0.330 e. The van der Waals surface area contributed by atoms with Gasteiger partial charge in [-0.1, -0.05) is 23.7 Å². The highest BCUT2D eigenvalue weighted by Crippen LogP contribution is 2.22. The summed E-state index contributed by atoms with van der Waals surface area (Å²) >= 11 is 5.89. The van der Waals surface area contributed by atoms with E-state index >= 15 is 0 Å². The monoisotopic (exact) mass is 367 g/mol. The Morgan fingerprint density at radius 2 is 1.81 bits per heavy atom. The molecule has 0 unspecified atom stereocenters. The number of hydrogen-bond acceptors (Lipinski definition) is 3. The van der Waals surface area contributed by atoms with E-state index in [2.05, 4.69) is 32.7 Å². The third kappa shape index (κ3) is 3.81. The van der Waals surface area contributed by atoms with Crippen LogP contribution < -0.4 is 0 Å². The molecule has 4 rings (SSSR count). The molecule has 0 amide bonds. The predicted molar refractivity (Wildman–Crippen MR) is 105 cm³/mol. The first kappa shape index (κ1) is 17.3. The Hall–Kier alpha value is -2.17. The molecule has 5 heteroatoms. The quantitative estimate of drug-likeness (QED) is 0.631. The Balaban J connectivity index is 1.31. The van der Waals surface area contributed by atoms with Crippen molar-refractivity contribution >= 4 is 28.4 Å². The van der Waals surface area contributed by atoms with Crippen LogP contribution in [0.15, 0.2) is 54.9 Å². The van der Waals surface area contributed by atoms with Crippen LogP contribution in [0, 0.1) is 5.92 Å². The zero-order valence-corrected chi connectivity index (χ0v) is 15.4. The SMILES string of the molecule is O=C(CN1CCC(Cn2cnc3ccccc32)CC1)c1ccc(Cl)cc1. The van der Waals surface area contributed by atoms with Gasteiger partial charge >= 0.3 is 0 Å². The average Bonchev–Trinajstić information content (AvgIpc) is 3.07. The minimum atomic E-state index is 0.167. The highest BCUT2D eigenvalue weighted by Gasteiger charge is 2.22. The van der Waals surface area contributed by atoms with Crippen molar-refractivity contribution < 1.29 is 4.79 Å². The second kappa shape index (κ2) is 7.60. The molecule has 134 valence electrons. The van der Waals surface area contributed by atoms with Gasteiger partial charge in [0.2, 0.25) is 0 Å². The number of carbonyl (C=O) groups is 1. The van der Waals surface area contributed by atoms with Crippen molar-refractivity contribution in [3.05, 3.63) is 65.4 Å². The largest absolute Gasteiger partial charge is 0.330 e. The lowest BCUT2D eigenvalue weighted by Crippen LogP contribution is -2.38. The van der Waals surface area contributed by atoms with E-state index in [0.29, 0.717) is 17.5 Å². The van der Waals surface area contributed by atoms with Gasteiger partial charge in [-0.3, -0.25) is 9.69 Å². The molecule has 0 radical (unpaired) electrons. The van der Waals surface area contributed by atoms with Crippen LogP contribution in [0.2, 0.25) is 5.02 Å². The average molecular weight is 368 g/mol. The van der Waals surface area contributed by atoms with Gasteiger partial charge in [-0.2, -0.15) is 0 Å². The molecule has 3 aromatic rings. The van der Waals surface area contributed by atoms with Crippen molar-refractivity contribution in [1.29, 1.82) is 0 Å². The van der Waals surface area contributed by atoms with Gasteiger partial charge < -0.3 is 4.57 Å². The van der Waals surface area contributed by atoms with Gasteiger partial charge in [-0.25, -0.2) is 4.98 Å². The third-order valence-corrected chi connectivity index (χ3v) is 5.47. The smallest absolute Gasteiger partial charge is 0.176 e. The number of benzene rings is 2. The number of nitrogens with zero attached hydrogens (tertiary/aromatic N) is 3. The van der Waals surface area contributed by atoms with Crippen molar-refractivity contribution in [3.63, 3.8) is 0 Å². The molecular formula is C21H22ClN3O. The van der Waals surface area contributed by atoms with E-state index in [-0.39, 0.29) is 5.78 Å². The standard InChI is InChI=1S/C21H22ClN3O/c22-18-7-5-17(6-8-18)21(26)14-24-11-9-16(10-12-24)13-25-15-23-19-3-1-2-4-20(19)25/h1-8,15-16H,9-14H2. The zero-order valence-electron chi connectivity index (χ0n) is 14.6. The van der Waals surface area contributed by atoms with E-state index in [1.165, 1.54) is 5.52 Å². The van der Waals surface area contributed by atoms with Crippen LogP contribution in [0.25, 0.3) is 11.0 Å². The van der Waals surface area contributed by atoms with Gasteiger partial charge in [0.25, 0.3) is 0 Å². The maximum absolute atomic E-state index is 12.4. The van der Waals surface area contributed by atoms with Crippen LogP contribution >= 0.6 is 11.6 Å². The second-order valence-corrected chi connectivity index (χ2v) is 7.47. The van der Waals surface area contributed by atoms with Crippen LogP contribution in [0.3, 0.4) is 0 Å². The molecular weight excluding hydrogens is 346 g/mol. The molecule has 2 aromatic carbocycles. The van der Waals surface area contributed by atoms with Gasteiger partial charge in [0.15, 0.2) is 5.78 Å². The molecule has 0 aliphatic carbocycles. The van der Waals surface area contributed by atoms with Gasteiger partial charge in [0.1, 0.15) is 0 Å². The van der Waals surface area contributed by atoms with E-state index in [4.69, 9.17) is 11.6 Å². The molecule has 1 aliphatic heterocycles. The number of halogens is 1. The van der Waals surface area contributed by atoms with Crippen LogP contribution in [-0.4, -0.2) is 39.9 Å². The van der Waals surface area contributed by atoms with Crippen molar-refractivity contribution in [2.75, 3.05) is 19.6 Å². The third-order valence-electron chi connectivity index (χ3n) is 5.22. The van der Waals surface area contributed by atoms with Gasteiger partial charge in [0.05, 0.1) is 23.9 Å². The highest BCUT2D eigenvalue weighted by molar-refractivity contribution is 6.30. The molecule has 0 spiro atoms. The molecule has 0 N–H and O–H groups in total. The van der Waals surface area contributed by atoms with Crippen molar-refractivity contribution in [1.82, 2.24) is 14.5 Å². The number of fused-ring (bicyclic) bond motifs is 1. The number of para-hydroxylation sites is 2. The Bertz CT molecular complexity index is 895. The Morgan fingerprint density at radius 1 is 1.08 bits per heavy atom. The number of hydrogen-bond donors (Lipinski definition) is 0. The van der Waals surface area contributed by atoms with Crippen LogP contribution in [0.5, 0.6) is 0 Å². The summed E-state index contributed by atoms with van der Waals surface area (Å²) in [6.45, 7) is 3.43. The van der Waals surface area contributed by atoms with Crippen molar-refractivity contribution in [2.45, 2.75) is 19.4 Å². The Labute approximate surface area is 158 Å². The Kier molecular flexibility index (Phi) is 5.05. The predicted octanol–water partition coefficient (Wildman–Crippen LogP) is 4.28. The molecule has 1 saturated heterocycles. The molecule has 4 nitrogen and oxygen atoms in total. The number of aromatic nitrogens is 2. The lowest BCUT2D eigenvalue weighted by atomic mass is 9.96. The van der Waals surface area contributed by atoms with E-state index in [9.17, 15) is 4.79 Å². The zero-order chi connectivity index (χ0) is 17.9. The number of rotatable bonds is 5. The topological polar surface area (TPSA) is 38.1 Å². The molecule has 2 heterocycles. The molecule has 0 atom stereocenters. The van der Waals surface area contributed by atoms with Crippen LogP contribution in [0.4, 0.5) is 0 Å². The molecule has 1 aliphatic rings. The van der Waals surface area contributed by atoms with Gasteiger partial charge in [0, 0.05) is 17.1 Å². The first-order valence-electron chi connectivity index (χ1n) is 9.10. The fourth-order valence-corrected chi connectivity index (χ4v) is 3.82. The maximum atomic E-state index is 12.4. The lowest BCUT2D eigenvalue weighted by Gasteiger charge is -2.31. The molecule has 1 fully saturated rings. The van der Waals surface area contributed by atoms with E-state index in [1.54, 1.807) is 12.1 Å². The van der Waals surface area contributed by atoms with E-state index in [0.717, 1.165) is 43.6 Å². The number of ketones is 1. The number of Topliss-reactive ketones (excluding diaryl/α,β-unsaturated/α-hetero) is 1. The minimum absolute atomic E-state index is 0.167. The van der Waals surface area contributed by atoms with Gasteiger partial charge in [-0.05, 0) is 68.2 Å². The van der Waals surface area contributed by atoms with Crippen molar-refractivity contribution in [2.24, 2.45) is 5.92 Å². The first-order chi connectivity index (χ1) is 12.7. The summed E-state index contributed by atoms with van der Waals surface area (Å²) in [5.41, 5.74) is 2.99. The normalized spacial score (nSPS) is 16.2. The summed E-state index contributed by atoms with van der Waals surface area (Å²) in [7, 11) is 0. The number of piperidine rings is 1. The molecule has 1 aromatic heterocycles. The summed E-state index contributed by atoms with van der Waals surface area (Å²) in [5.74, 6) is 0.801. The summed E-state index contributed by atoms with van der Waals surface area (Å²) in [5, 5.41) is 0.661. The number of carbonyl (C=O) groups excluding carboxylic acids is 1. The molecule has 0 bridgehead atoms. The molecule has 26 heavy (non-hydrogen) atoms. The van der Waals surface area contributed by atoms with Crippen LogP contribution in [-0.2, 0) is 6.54 Å². The summed E-state index contributed by atoms with van der Waals surface area (Å²) in [4.78, 5) is 19.2. The highest BCUT2D eigenvalue weighted by atomic mass is 35.5. The summed E-state index contributed by atoms with van der Waals surface area (Å²) < 4.78 is 2.26. The first-order valence-corrected chi connectivity index (χ1v) is 9.48. The fourth-order valence-electron chi connectivity index (χ4n) is 3.69. The van der Waals surface area contributed by atoms with E-state index in [1.807, 2.05) is 24.5 Å². The molecule has 0 saturated carbocycles. The second-order valence-electron chi connectivity index (χ2n) is 7.04. The summed E-state index contributed by atoms with van der Waals surface area (Å²) in [6.07, 6.45) is 4.17. The number of likely N-dealkylation sites (tertiary alicyclic amines) is 1. The Morgan fingerprint density at radius 3 is 2.58 bits per heavy atom. The summed E-state index contributed by atoms with van der Waals surface area (Å²) in [6, 6.07) is 15.4.